The number of carbonyl (C=O) groups excluding carboxylic acids is 1. The van der Waals surface area contributed by atoms with Gasteiger partial charge in [0.25, 0.3) is 20.5 Å². The maximum Gasteiger partial charge on any atom is 0.264 e. The molecule has 3 fully saturated rings. The highest BCUT2D eigenvalue weighted by Gasteiger charge is 2.53. The maximum absolute atomic E-state index is 15.9. The van der Waals surface area contributed by atoms with Gasteiger partial charge in [0.1, 0.15) is 48.1 Å². The predicted octanol–water partition coefficient (Wildman–Crippen LogP) is 0.240. The van der Waals surface area contributed by atoms with Crippen LogP contribution in [0.2, 0.25) is 0 Å². The second-order valence-corrected chi connectivity index (χ2v) is 13.6. The van der Waals surface area contributed by atoms with Gasteiger partial charge in [0, 0.05) is 12.4 Å². The number of imidazole rings is 1. The molecule has 4 aliphatic heterocycles. The molecule has 7 rings (SSSR count). The van der Waals surface area contributed by atoms with Crippen LogP contribution in [0.5, 0.6) is 0 Å². The van der Waals surface area contributed by atoms with E-state index in [1.54, 1.807) is 0 Å². The molecule has 3 aromatic heterocycles. The third-order valence-electron chi connectivity index (χ3n) is 7.61. The molecule has 4 radical (unpaired) electrons. The first-order valence-corrected chi connectivity index (χ1v) is 16.5. The highest BCUT2D eigenvalue weighted by molar-refractivity contribution is 7.79. The number of nitrogens with one attached hydrogen (secondary N) is 1. The third-order valence-corrected chi connectivity index (χ3v) is 9.71. The van der Waals surface area contributed by atoms with Gasteiger partial charge in [-0.3, -0.25) is 28.3 Å². The second-order valence-electron chi connectivity index (χ2n) is 10.5. The van der Waals surface area contributed by atoms with Crippen molar-refractivity contribution in [3.8, 4) is 0 Å². The summed E-state index contributed by atoms with van der Waals surface area (Å²) in [5.41, 5.74) is -0.813. The van der Waals surface area contributed by atoms with Crippen LogP contribution in [0.15, 0.2) is 28.6 Å². The molecular formula is C22H20B2F2N6O11P2. The number of nitrogens with zero attached hydrogens (tertiary/aromatic N) is 5. The summed E-state index contributed by atoms with van der Waals surface area (Å²) in [6.07, 6.45) is -8.82. The van der Waals surface area contributed by atoms with Crippen LogP contribution >= 0.6 is 14.9 Å². The average molecular weight is 666 g/mol. The molecule has 4 aliphatic rings. The number of halogens is 2. The van der Waals surface area contributed by atoms with Crippen molar-refractivity contribution < 1.29 is 55.4 Å². The number of rotatable bonds is 2. The molecule has 0 saturated carbocycles. The highest BCUT2D eigenvalue weighted by atomic mass is 31.2. The number of ketones is 1. The molecule has 0 aromatic carbocycles. The van der Waals surface area contributed by atoms with Gasteiger partial charge in [-0.15, -0.1) is 0 Å². The van der Waals surface area contributed by atoms with Gasteiger partial charge in [-0.1, -0.05) is 0 Å². The molecule has 10 atom stereocenters. The van der Waals surface area contributed by atoms with Crippen LogP contribution in [0.4, 0.5) is 8.78 Å². The van der Waals surface area contributed by atoms with Gasteiger partial charge in [-0.2, -0.15) is 0 Å². The Bertz CT molecular complexity index is 1870. The minimum absolute atomic E-state index is 0.0400. The zero-order chi connectivity index (χ0) is 31.8. The zero-order valence-electron chi connectivity index (χ0n) is 22.6. The Morgan fingerprint density at radius 2 is 1.67 bits per heavy atom. The minimum atomic E-state index is -4.64. The molecule has 0 aliphatic carbocycles. The van der Waals surface area contributed by atoms with E-state index in [-0.39, 0.29) is 23.6 Å². The van der Waals surface area contributed by atoms with Gasteiger partial charge in [-0.05, 0) is 0 Å². The standard InChI is InChI=1S/C22H20B2F2N6O11P2/c23-44(36)39-5-12-18(16(34)22(41-12)31-3-8(25)13-19(31)28-6-29-20(13)35)43-45(24,37)38-4-11-17(42-44)14(26)21(40-11)32-7-30-15-9(32)1-27-2-10(15)33/h1,3,6-7,11-12,14,16-18,21-22,34H,2,4-5H2,(H,28,29,35)/t11-,12-,14+,16?,17?,18+,21-,22-,44?,45?/m1/s1. The van der Waals surface area contributed by atoms with E-state index < -0.39 is 99.9 Å². The quantitative estimate of drug-likeness (QED) is 0.278. The lowest BCUT2D eigenvalue weighted by Crippen LogP contribution is -2.38. The Kier molecular flexibility index (Phi) is 7.62. The number of aliphatic imine (C=N–C) groups is 1. The molecule has 234 valence electrons. The Hall–Kier alpha value is -2.86. The predicted molar refractivity (Wildman–Crippen MR) is 146 cm³/mol. The highest BCUT2D eigenvalue weighted by Crippen LogP contribution is 2.53. The van der Waals surface area contributed by atoms with E-state index in [0.29, 0.717) is 0 Å². The molecule has 23 heteroatoms. The number of aliphatic hydroxyl groups excluding tert-OH is 1. The van der Waals surface area contributed by atoms with Gasteiger partial charge < -0.3 is 42.2 Å². The number of aromatic nitrogens is 5. The molecular weight excluding hydrogens is 646 g/mol. The summed E-state index contributed by atoms with van der Waals surface area (Å²) >= 11 is 0. The van der Waals surface area contributed by atoms with Crippen LogP contribution in [-0.2, 0) is 36.7 Å². The molecule has 4 unspecified atom stereocenters. The summed E-state index contributed by atoms with van der Waals surface area (Å²) in [6.45, 7) is -1.64. The molecule has 3 saturated heterocycles. The Balaban J connectivity index is 1.17. The average Bonchev–Trinajstić information content (AvgIpc) is 3.71. The topological polar surface area (TPSA) is 208 Å². The van der Waals surface area contributed by atoms with E-state index in [9.17, 15) is 28.2 Å². The van der Waals surface area contributed by atoms with Crippen LogP contribution in [0.25, 0.3) is 11.0 Å². The van der Waals surface area contributed by atoms with E-state index in [0.717, 1.165) is 23.4 Å². The van der Waals surface area contributed by atoms with Gasteiger partial charge in [0.15, 0.2) is 30.1 Å². The van der Waals surface area contributed by atoms with E-state index in [2.05, 4.69) is 19.9 Å². The van der Waals surface area contributed by atoms with E-state index in [4.69, 9.17) is 42.7 Å². The third kappa shape index (κ3) is 5.39. The van der Waals surface area contributed by atoms with Crippen molar-refractivity contribution in [2.45, 2.75) is 49.1 Å². The zero-order valence-corrected chi connectivity index (χ0v) is 24.4. The van der Waals surface area contributed by atoms with E-state index in [1.165, 1.54) is 10.8 Å². The lowest BCUT2D eigenvalue weighted by Gasteiger charge is -2.30. The Labute approximate surface area is 253 Å². The molecule has 17 nitrogen and oxygen atoms in total. The normalized spacial score (nSPS) is 38.8. The fraction of sp³-hybridized carbons (Fsp3) is 0.500. The number of alkyl halides is 1. The fourth-order valence-corrected chi connectivity index (χ4v) is 7.62. The molecule has 0 spiro atoms. The number of H-pyrrole nitrogens is 1. The van der Waals surface area contributed by atoms with Gasteiger partial charge in [0.2, 0.25) is 20.9 Å². The molecule has 45 heavy (non-hydrogen) atoms. The maximum atomic E-state index is 15.9. The summed E-state index contributed by atoms with van der Waals surface area (Å²) < 4.78 is 92.1. The molecule has 2 N–H and O–H groups in total. The van der Waals surface area contributed by atoms with Crippen LogP contribution < -0.4 is 5.56 Å². The fourth-order valence-electron chi connectivity index (χ4n) is 5.60. The van der Waals surface area contributed by atoms with Crippen LogP contribution in [0, 0.1) is 5.82 Å². The summed E-state index contributed by atoms with van der Waals surface area (Å²) in [5.74, 6) is -1.38. The lowest BCUT2D eigenvalue weighted by molar-refractivity contribution is -0.0562. The molecule has 0 amide bonds. The number of carbonyl (C=O) groups is 1. The first-order chi connectivity index (χ1) is 21.3. The van der Waals surface area contributed by atoms with Crippen LogP contribution in [0.3, 0.4) is 0 Å². The summed E-state index contributed by atoms with van der Waals surface area (Å²) in [7, 11) is 2.37. The number of Topliss-reactive ketones (excluding diaryl/α,β-unsaturated/α-hetero) is 1. The number of hydrogen-bond donors (Lipinski definition) is 2. The SMILES string of the molecule is [B]P1(=O)OC[C@H]2O[C@@H](n3cc(F)c4c(=O)[nH]cnc43)C(O)[C@H]2OP([B])(=O)OC[C@H]2O[C@@H](n3cnc4c3C=NCC4=O)[C@@H](F)C2O1. The van der Waals surface area contributed by atoms with Gasteiger partial charge in [0.05, 0.1) is 31.6 Å². The summed E-state index contributed by atoms with van der Waals surface area (Å²) in [5, 5.41) is 10.7. The number of hydrogen-bond acceptors (Lipinski definition) is 14. The van der Waals surface area contributed by atoms with Crippen LogP contribution in [-0.4, -0.2) is 113 Å². The summed E-state index contributed by atoms with van der Waals surface area (Å²) in [4.78, 5) is 38.4. The van der Waals surface area contributed by atoms with Crippen molar-refractivity contribution in [3.63, 3.8) is 0 Å². The van der Waals surface area contributed by atoms with Crippen molar-refractivity contribution in [2.75, 3.05) is 19.8 Å². The minimum Gasteiger partial charge on any atom is -0.386 e. The number of ether oxygens (including phenoxy) is 2. The van der Waals surface area contributed by atoms with Gasteiger partial charge in [-0.25, -0.2) is 18.7 Å². The number of fused-ring (bicyclic) bond motifs is 4. The first kappa shape index (κ1) is 30.8. The number of aromatic amines is 1. The Morgan fingerprint density at radius 1 is 1.00 bits per heavy atom. The van der Waals surface area contributed by atoms with Crippen molar-refractivity contribution in [1.82, 2.24) is 24.1 Å². The number of aliphatic hydroxyl groups is 1. The molecule has 7 heterocycles. The van der Waals surface area contributed by atoms with Gasteiger partial charge >= 0.3 is 0 Å². The van der Waals surface area contributed by atoms with Crippen molar-refractivity contribution in [3.05, 3.63) is 46.4 Å². The van der Waals surface area contributed by atoms with Crippen LogP contribution in [0.1, 0.15) is 28.6 Å². The Morgan fingerprint density at radius 3 is 2.40 bits per heavy atom. The van der Waals surface area contributed by atoms with E-state index >= 15 is 4.39 Å². The molecule has 0 bridgehead atoms. The van der Waals surface area contributed by atoms with Crippen molar-refractivity contribution >= 4 is 53.1 Å². The van der Waals surface area contributed by atoms with Crippen molar-refractivity contribution in [2.24, 2.45) is 4.99 Å². The summed E-state index contributed by atoms with van der Waals surface area (Å²) in [6, 6.07) is 0. The lowest BCUT2D eigenvalue weighted by atomic mass is 10.1. The largest absolute Gasteiger partial charge is 0.386 e. The second kappa shape index (κ2) is 11.1. The monoisotopic (exact) mass is 666 g/mol. The molecule has 3 aromatic rings. The van der Waals surface area contributed by atoms with Crippen molar-refractivity contribution in [1.29, 1.82) is 0 Å². The smallest absolute Gasteiger partial charge is 0.264 e. The van der Waals surface area contributed by atoms with E-state index in [1.807, 2.05) is 0 Å². The first-order valence-electron chi connectivity index (χ1n) is 13.2.